The highest BCUT2D eigenvalue weighted by atomic mass is 32.2. The molecule has 1 aromatic rings. The van der Waals surface area contributed by atoms with Crippen LogP contribution in [0.1, 0.15) is 27.2 Å². The van der Waals surface area contributed by atoms with Crippen molar-refractivity contribution < 1.29 is 8.42 Å². The average Bonchev–Trinajstić information content (AvgIpc) is 2.37. The fraction of sp³-hybridized carbons (Fsp3) is 0.571. The lowest BCUT2D eigenvalue weighted by atomic mass is 10.3. The lowest BCUT2D eigenvalue weighted by Gasteiger charge is -2.14. The molecule has 0 aliphatic carbocycles. The molecule has 0 aromatic heterocycles. The molecule has 0 unspecified atom stereocenters. The van der Waals surface area contributed by atoms with Crippen molar-refractivity contribution in [1.29, 1.82) is 0 Å². The van der Waals surface area contributed by atoms with Gasteiger partial charge in [-0.1, -0.05) is 19.1 Å². The zero-order valence-corrected chi connectivity index (χ0v) is 13.3. The molecule has 0 fully saturated rings. The summed E-state index contributed by atoms with van der Waals surface area (Å²) in [5.41, 5.74) is 0.650. The Morgan fingerprint density at radius 3 is 2.50 bits per heavy atom. The number of anilines is 1. The van der Waals surface area contributed by atoms with Crippen LogP contribution >= 0.6 is 0 Å². The highest BCUT2D eigenvalue weighted by molar-refractivity contribution is 7.89. The number of hydrogen-bond donors (Lipinski definition) is 3. The molecule has 0 spiro atoms. The summed E-state index contributed by atoms with van der Waals surface area (Å²) in [5.74, 6) is 0. The Morgan fingerprint density at radius 1 is 1.15 bits per heavy atom. The van der Waals surface area contributed by atoms with Crippen molar-refractivity contribution in [2.75, 3.05) is 25.0 Å². The Kier molecular flexibility index (Phi) is 6.98. The molecule has 0 heterocycles. The van der Waals surface area contributed by atoms with Crippen molar-refractivity contribution in [3.8, 4) is 0 Å². The molecule has 1 rings (SSSR count). The molecule has 1 aromatic carbocycles. The molecule has 0 aliphatic heterocycles. The lowest BCUT2D eigenvalue weighted by Crippen LogP contribution is -2.30. The maximum Gasteiger partial charge on any atom is 0.242 e. The number of sulfonamides is 1. The van der Waals surface area contributed by atoms with Crippen molar-refractivity contribution in [2.45, 2.75) is 38.1 Å². The minimum atomic E-state index is -3.47. The van der Waals surface area contributed by atoms with E-state index in [2.05, 4.69) is 22.3 Å². The van der Waals surface area contributed by atoms with E-state index >= 15 is 0 Å². The van der Waals surface area contributed by atoms with Gasteiger partial charge in [-0.15, -0.1) is 0 Å². The first-order chi connectivity index (χ1) is 9.47. The van der Waals surface area contributed by atoms with Gasteiger partial charge in [-0.3, -0.25) is 0 Å². The van der Waals surface area contributed by atoms with E-state index in [9.17, 15) is 8.42 Å². The van der Waals surface area contributed by atoms with Crippen LogP contribution in [0.4, 0.5) is 5.69 Å². The maximum absolute atomic E-state index is 12.2. The van der Waals surface area contributed by atoms with E-state index in [1.54, 1.807) is 18.2 Å². The van der Waals surface area contributed by atoms with Crippen LogP contribution in [0, 0.1) is 0 Å². The predicted molar refractivity (Wildman–Crippen MR) is 83.5 cm³/mol. The van der Waals surface area contributed by atoms with Crippen LogP contribution in [0.2, 0.25) is 0 Å². The Balaban J connectivity index is 2.73. The fourth-order valence-electron chi connectivity index (χ4n) is 1.83. The molecule has 114 valence electrons. The molecule has 5 nitrogen and oxygen atoms in total. The molecule has 0 saturated heterocycles. The summed E-state index contributed by atoms with van der Waals surface area (Å²) in [5, 5.41) is 6.43. The summed E-state index contributed by atoms with van der Waals surface area (Å²) in [4.78, 5) is 0.303. The van der Waals surface area contributed by atoms with E-state index in [4.69, 9.17) is 0 Å². The number of para-hydroxylation sites is 1. The van der Waals surface area contributed by atoms with Crippen LogP contribution in [-0.2, 0) is 10.0 Å². The van der Waals surface area contributed by atoms with Crippen LogP contribution in [0.3, 0.4) is 0 Å². The van der Waals surface area contributed by atoms with Crippen molar-refractivity contribution in [3.63, 3.8) is 0 Å². The minimum absolute atomic E-state index is 0.123. The third-order valence-corrected chi connectivity index (χ3v) is 4.38. The standard InChI is InChI=1S/C14H25N3O2S/c1-4-15-10-7-11-16-13-8-5-6-9-14(13)20(18,19)17-12(2)3/h5-6,8-9,12,15-17H,4,7,10-11H2,1-3H3. The molecular weight excluding hydrogens is 274 g/mol. The van der Waals surface area contributed by atoms with Crippen LogP contribution in [0.15, 0.2) is 29.2 Å². The van der Waals surface area contributed by atoms with Crippen LogP contribution in [-0.4, -0.2) is 34.1 Å². The van der Waals surface area contributed by atoms with E-state index in [0.29, 0.717) is 10.6 Å². The van der Waals surface area contributed by atoms with Crippen molar-refractivity contribution in [1.82, 2.24) is 10.0 Å². The molecule has 0 atom stereocenters. The van der Waals surface area contributed by atoms with Crippen LogP contribution in [0.5, 0.6) is 0 Å². The summed E-state index contributed by atoms with van der Waals surface area (Å²) in [7, 11) is -3.47. The first-order valence-corrected chi connectivity index (χ1v) is 8.51. The second kappa shape index (κ2) is 8.24. The Labute approximate surface area is 122 Å². The van der Waals surface area contributed by atoms with Crippen molar-refractivity contribution in [2.24, 2.45) is 0 Å². The molecule has 20 heavy (non-hydrogen) atoms. The average molecular weight is 299 g/mol. The molecule has 0 saturated carbocycles. The first-order valence-electron chi connectivity index (χ1n) is 7.03. The van der Waals surface area contributed by atoms with E-state index in [1.807, 2.05) is 19.9 Å². The van der Waals surface area contributed by atoms with Gasteiger partial charge in [-0.25, -0.2) is 13.1 Å². The molecule has 0 amide bonds. The summed E-state index contributed by atoms with van der Waals surface area (Å²) in [6, 6.07) is 6.86. The largest absolute Gasteiger partial charge is 0.384 e. The molecule has 6 heteroatoms. The van der Waals surface area contributed by atoms with Gasteiger partial charge < -0.3 is 10.6 Å². The predicted octanol–water partition coefficient (Wildman–Crippen LogP) is 1.78. The summed E-state index contributed by atoms with van der Waals surface area (Å²) >= 11 is 0. The Morgan fingerprint density at radius 2 is 1.85 bits per heavy atom. The second-order valence-corrected chi connectivity index (χ2v) is 6.59. The number of benzene rings is 1. The lowest BCUT2D eigenvalue weighted by molar-refractivity contribution is 0.570. The van der Waals surface area contributed by atoms with E-state index in [0.717, 1.165) is 26.1 Å². The first kappa shape index (κ1) is 16.9. The number of hydrogen-bond acceptors (Lipinski definition) is 4. The topological polar surface area (TPSA) is 70.2 Å². The monoisotopic (exact) mass is 299 g/mol. The number of rotatable bonds is 9. The second-order valence-electron chi connectivity index (χ2n) is 4.91. The molecular formula is C14H25N3O2S. The van der Waals surface area contributed by atoms with E-state index < -0.39 is 10.0 Å². The minimum Gasteiger partial charge on any atom is -0.384 e. The Bertz CT molecular complexity index is 501. The molecule has 0 bridgehead atoms. The summed E-state index contributed by atoms with van der Waals surface area (Å²) in [6.45, 7) is 8.29. The summed E-state index contributed by atoms with van der Waals surface area (Å²) in [6.07, 6.45) is 0.944. The van der Waals surface area contributed by atoms with E-state index in [1.165, 1.54) is 0 Å². The highest BCUT2D eigenvalue weighted by Gasteiger charge is 2.18. The van der Waals surface area contributed by atoms with Gasteiger partial charge in [0.2, 0.25) is 10.0 Å². The van der Waals surface area contributed by atoms with Crippen LogP contribution < -0.4 is 15.4 Å². The van der Waals surface area contributed by atoms with E-state index in [-0.39, 0.29) is 6.04 Å². The normalized spacial score (nSPS) is 11.8. The zero-order chi connectivity index (χ0) is 15.0. The van der Waals surface area contributed by atoms with Gasteiger partial charge in [-0.2, -0.15) is 0 Å². The van der Waals surface area contributed by atoms with Crippen molar-refractivity contribution >= 4 is 15.7 Å². The van der Waals surface area contributed by atoms with Gasteiger partial charge in [0.15, 0.2) is 0 Å². The molecule has 0 aliphatic rings. The number of nitrogens with one attached hydrogen (secondary N) is 3. The fourth-order valence-corrected chi connectivity index (χ4v) is 3.27. The Hall–Kier alpha value is -1.11. The van der Waals surface area contributed by atoms with Gasteiger partial charge in [0, 0.05) is 12.6 Å². The summed E-state index contributed by atoms with van der Waals surface area (Å²) < 4.78 is 27.1. The maximum atomic E-state index is 12.2. The SMILES string of the molecule is CCNCCCNc1ccccc1S(=O)(=O)NC(C)C. The van der Waals surface area contributed by atoms with Gasteiger partial charge >= 0.3 is 0 Å². The quantitative estimate of drug-likeness (QED) is 0.608. The zero-order valence-electron chi connectivity index (χ0n) is 12.4. The third-order valence-electron chi connectivity index (χ3n) is 2.66. The van der Waals surface area contributed by atoms with Gasteiger partial charge in [-0.05, 0) is 45.5 Å². The third kappa shape index (κ3) is 5.48. The smallest absolute Gasteiger partial charge is 0.242 e. The van der Waals surface area contributed by atoms with Gasteiger partial charge in [0.25, 0.3) is 0 Å². The molecule has 3 N–H and O–H groups in total. The van der Waals surface area contributed by atoms with Gasteiger partial charge in [0.1, 0.15) is 4.90 Å². The van der Waals surface area contributed by atoms with Crippen LogP contribution in [0.25, 0.3) is 0 Å². The van der Waals surface area contributed by atoms with Crippen molar-refractivity contribution in [3.05, 3.63) is 24.3 Å². The highest BCUT2D eigenvalue weighted by Crippen LogP contribution is 2.20. The molecule has 0 radical (unpaired) electrons. The van der Waals surface area contributed by atoms with Gasteiger partial charge in [0.05, 0.1) is 5.69 Å².